The molecular formula is C20H16ClN9Na3O10S3. The molecule has 0 spiro atoms. The van der Waals surface area contributed by atoms with E-state index in [4.69, 9.17) is 23.1 Å². The summed E-state index contributed by atoms with van der Waals surface area (Å²) in [6.45, 7) is 0. The summed E-state index contributed by atoms with van der Waals surface area (Å²) in [4.78, 5) is 19.9. The van der Waals surface area contributed by atoms with Crippen LogP contribution in [0.1, 0.15) is 0 Å². The molecule has 0 unspecified atom stereocenters. The molecule has 0 fully saturated rings. The molecule has 0 atom stereocenters. The number of anilines is 4. The van der Waals surface area contributed by atoms with Gasteiger partial charge in [-0.1, -0.05) is 0 Å². The van der Waals surface area contributed by atoms with E-state index in [9.17, 15) is 43.7 Å². The number of nitrogens with one attached hydrogen (secondary N) is 2. The molecule has 26 heteroatoms. The fourth-order valence-corrected chi connectivity index (χ4v) is 5.71. The number of carbonyl (C=O) groups excluding carboxylic acids is 1. The molecule has 229 valence electrons. The number of amides is 2. The van der Waals surface area contributed by atoms with E-state index in [1.165, 1.54) is 18.2 Å². The van der Waals surface area contributed by atoms with E-state index in [2.05, 4.69) is 35.8 Å². The van der Waals surface area contributed by atoms with Crippen LogP contribution in [0, 0.1) is 0 Å². The second kappa shape index (κ2) is 16.2. The number of azo groups is 1. The number of carbonyl (C=O) groups is 1. The first kappa shape index (κ1) is 42.4. The molecule has 0 aliphatic carbocycles. The van der Waals surface area contributed by atoms with Crippen molar-refractivity contribution in [3.8, 4) is 0 Å². The number of nitrogens with two attached hydrogens (primary N) is 2. The Morgan fingerprint density at radius 1 is 0.783 bits per heavy atom. The number of urea groups is 1. The van der Waals surface area contributed by atoms with Gasteiger partial charge in [-0.25, -0.2) is 4.79 Å². The zero-order valence-electron chi connectivity index (χ0n) is 23.7. The summed E-state index contributed by atoms with van der Waals surface area (Å²) in [5.41, 5.74) is 10.1. The van der Waals surface area contributed by atoms with Crippen molar-refractivity contribution >= 4 is 182 Å². The van der Waals surface area contributed by atoms with Crippen molar-refractivity contribution in [2.24, 2.45) is 16.0 Å². The first-order valence-corrected chi connectivity index (χ1v) is 15.6. The van der Waals surface area contributed by atoms with E-state index in [1.54, 1.807) is 0 Å². The molecule has 0 aliphatic rings. The minimum atomic E-state index is -5.16. The molecule has 1 heterocycles. The number of nitrogen functional groups attached to an aromatic ring is 1. The summed E-state index contributed by atoms with van der Waals surface area (Å²) >= 11 is 5.76. The quantitative estimate of drug-likeness (QED) is 0.0764. The van der Waals surface area contributed by atoms with Crippen molar-refractivity contribution in [3.05, 3.63) is 47.7 Å². The first-order chi connectivity index (χ1) is 19.8. The van der Waals surface area contributed by atoms with Gasteiger partial charge in [0, 0.05) is 99.7 Å². The second-order valence-electron chi connectivity index (χ2n) is 8.22. The molecule has 0 saturated heterocycles. The Morgan fingerprint density at radius 3 is 1.93 bits per heavy atom. The van der Waals surface area contributed by atoms with E-state index < -0.39 is 67.5 Å². The number of aromatic nitrogens is 3. The Bertz CT molecular complexity index is 2170. The average molecular weight is 743 g/mol. The van der Waals surface area contributed by atoms with Crippen LogP contribution in [-0.2, 0) is 30.4 Å². The second-order valence-corrected chi connectivity index (χ2v) is 12.8. The normalized spacial score (nSPS) is 11.7. The third-order valence-corrected chi connectivity index (χ3v) is 8.00. The maximum Gasteiger partial charge on any atom is 0.316 e. The maximum absolute atomic E-state index is 12.2. The zero-order valence-corrected chi connectivity index (χ0v) is 32.9. The molecule has 2 amide bonds. The van der Waals surface area contributed by atoms with Gasteiger partial charge in [-0.15, -0.1) is 10.2 Å². The van der Waals surface area contributed by atoms with E-state index in [1.807, 2.05) is 0 Å². The van der Waals surface area contributed by atoms with Crippen molar-refractivity contribution < 1.29 is 43.7 Å². The summed E-state index contributed by atoms with van der Waals surface area (Å²) in [5.74, 6) is -0.266. The predicted molar refractivity (Wildman–Crippen MR) is 167 cm³/mol. The fourth-order valence-electron chi connectivity index (χ4n) is 3.56. The summed E-state index contributed by atoms with van der Waals surface area (Å²) in [7, 11) is -15.3. The molecule has 1 aromatic heterocycles. The van der Waals surface area contributed by atoms with E-state index in [0.717, 1.165) is 6.07 Å². The van der Waals surface area contributed by atoms with Gasteiger partial charge >= 0.3 is 6.03 Å². The minimum absolute atomic E-state index is 0. The van der Waals surface area contributed by atoms with E-state index in [-0.39, 0.29) is 123 Å². The molecule has 0 bridgehead atoms. The Kier molecular flexibility index (Phi) is 15.0. The van der Waals surface area contributed by atoms with Crippen molar-refractivity contribution in [3.63, 3.8) is 0 Å². The maximum atomic E-state index is 12.2. The molecule has 19 nitrogen and oxygen atoms in total. The Balaban J connectivity index is 0.00000353. The zero-order chi connectivity index (χ0) is 31.9. The Hall–Kier alpha value is -1.58. The Morgan fingerprint density at radius 2 is 1.39 bits per heavy atom. The Labute approximate surface area is 331 Å². The molecule has 46 heavy (non-hydrogen) atoms. The number of nitrogens with zero attached hydrogens (tertiary/aromatic N) is 5. The van der Waals surface area contributed by atoms with Crippen molar-refractivity contribution in [2.75, 3.05) is 16.4 Å². The largest absolute Gasteiger partial charge is 0.368 e. The third-order valence-electron chi connectivity index (χ3n) is 5.22. The summed E-state index contributed by atoms with van der Waals surface area (Å²) in [5, 5.41) is 11.5. The number of rotatable bonds is 8. The van der Waals surface area contributed by atoms with Crippen LogP contribution in [0.2, 0.25) is 5.28 Å². The van der Waals surface area contributed by atoms with Crippen LogP contribution in [0.5, 0.6) is 0 Å². The average Bonchev–Trinajstić information content (AvgIpc) is 2.84. The van der Waals surface area contributed by atoms with Gasteiger partial charge in [0.2, 0.25) is 17.2 Å². The molecular weight excluding hydrogens is 727 g/mol. The van der Waals surface area contributed by atoms with Gasteiger partial charge < -0.3 is 22.1 Å². The monoisotopic (exact) mass is 742 g/mol. The van der Waals surface area contributed by atoms with Gasteiger partial charge in [0.25, 0.3) is 30.4 Å². The number of benzene rings is 3. The minimum Gasteiger partial charge on any atom is -0.368 e. The van der Waals surface area contributed by atoms with Gasteiger partial charge in [0.1, 0.15) is 21.2 Å². The summed E-state index contributed by atoms with van der Waals surface area (Å²) < 4.78 is 100. The number of primary amides is 1. The smallest absolute Gasteiger partial charge is 0.316 e. The van der Waals surface area contributed by atoms with E-state index in [0.29, 0.717) is 18.2 Å². The van der Waals surface area contributed by atoms with Crippen LogP contribution < -0.4 is 22.1 Å². The van der Waals surface area contributed by atoms with Crippen LogP contribution in [0.4, 0.5) is 39.4 Å². The fraction of sp³-hybridized carbons (Fsp3) is 0. The van der Waals surface area contributed by atoms with Gasteiger partial charge in [-0.3, -0.25) is 13.7 Å². The van der Waals surface area contributed by atoms with Gasteiger partial charge in [0.05, 0.1) is 10.6 Å². The van der Waals surface area contributed by atoms with Crippen LogP contribution in [0.15, 0.2) is 67.4 Å². The summed E-state index contributed by atoms with van der Waals surface area (Å²) in [6.07, 6.45) is 0. The molecule has 3 radical (unpaired) electrons. The standard InChI is InChI=1S/C20H16ClN9O10S3.3Na/c21-17-26-18(22)28-20(27-17)24-9-1-2-12(13(5-9)25-19(23)31)29-30-14-7-11-8(4-16(14)43(38,39)40)3-10(41(32,33)34)6-15(11)42(35,36)37;;;/h1-7H,(H3,23,25,31)(H,32,33,34)(H,35,36,37)(H,38,39,40)(H3,22,24,26,27,28);;;. The topological polar surface area (TPSA) is 320 Å². The first-order valence-electron chi connectivity index (χ1n) is 10.9. The van der Waals surface area contributed by atoms with Crippen molar-refractivity contribution in [1.82, 2.24) is 15.0 Å². The van der Waals surface area contributed by atoms with Crippen molar-refractivity contribution in [1.29, 1.82) is 0 Å². The number of fused-ring (bicyclic) bond motifs is 1. The molecule has 0 aliphatic heterocycles. The van der Waals surface area contributed by atoms with Crippen LogP contribution in [-0.4, -0.2) is 149 Å². The molecule has 3 aromatic carbocycles. The number of hydrogen-bond donors (Lipinski definition) is 7. The van der Waals surface area contributed by atoms with Gasteiger partial charge in [-0.05, 0) is 59.5 Å². The molecule has 0 saturated carbocycles. The molecule has 4 rings (SSSR count). The van der Waals surface area contributed by atoms with Crippen LogP contribution in [0.3, 0.4) is 0 Å². The van der Waals surface area contributed by atoms with E-state index >= 15 is 0 Å². The SMILES string of the molecule is NC(=O)Nc1cc(Nc2nc(N)nc(Cl)n2)ccc1N=Nc1cc2c(S(=O)(=O)O)cc(S(=O)(=O)O)cc2cc1S(=O)(=O)O.[Na].[Na].[Na]. The third kappa shape index (κ3) is 10.7. The molecule has 9 N–H and O–H groups in total. The van der Waals surface area contributed by atoms with Gasteiger partial charge in [0.15, 0.2) is 0 Å². The number of halogens is 1. The number of hydrogen-bond acceptors (Lipinski definition) is 14. The van der Waals surface area contributed by atoms with Gasteiger partial charge in [-0.2, -0.15) is 40.2 Å². The van der Waals surface area contributed by atoms with Crippen LogP contribution >= 0.6 is 11.6 Å². The predicted octanol–water partition coefficient (Wildman–Crippen LogP) is 1.51. The van der Waals surface area contributed by atoms with Crippen molar-refractivity contribution in [2.45, 2.75) is 14.7 Å². The summed E-state index contributed by atoms with van der Waals surface area (Å²) in [6, 6.07) is 5.42. The molecule has 4 aromatic rings. The van der Waals surface area contributed by atoms with Crippen LogP contribution in [0.25, 0.3) is 10.8 Å².